The molecular formula is C25H20N10. The number of nitrogens with two attached hydrogens (primary N) is 1. The number of aromatic nitrogens is 8. The van der Waals surface area contributed by atoms with E-state index < -0.39 is 0 Å². The highest BCUT2D eigenvalue weighted by atomic mass is 15.3. The van der Waals surface area contributed by atoms with E-state index in [2.05, 4.69) is 46.1 Å². The first kappa shape index (κ1) is 19.7. The molecule has 0 spiro atoms. The molecule has 1 saturated heterocycles. The quantitative estimate of drug-likeness (QED) is 0.365. The van der Waals surface area contributed by atoms with Crippen LogP contribution in [0.4, 0.5) is 5.82 Å². The third kappa shape index (κ3) is 3.30. The van der Waals surface area contributed by atoms with Crippen LogP contribution in [0.15, 0.2) is 67.4 Å². The van der Waals surface area contributed by atoms with Crippen LogP contribution >= 0.6 is 0 Å². The highest BCUT2D eigenvalue weighted by Gasteiger charge is 2.25. The summed E-state index contributed by atoms with van der Waals surface area (Å²) in [6, 6.07) is 12.0. The molecular weight excluding hydrogens is 440 g/mol. The fraction of sp³-hybridized carbons (Fsp3) is 0.120. The van der Waals surface area contributed by atoms with Gasteiger partial charge in [0.25, 0.3) is 0 Å². The van der Waals surface area contributed by atoms with E-state index >= 15 is 0 Å². The number of nitrogens with zero attached hydrogens (tertiary/aromatic N) is 7. The van der Waals surface area contributed by atoms with Crippen molar-refractivity contribution in [1.82, 2.24) is 40.1 Å². The van der Waals surface area contributed by atoms with E-state index in [1.165, 1.54) is 0 Å². The molecule has 1 fully saturated rings. The van der Waals surface area contributed by atoms with Crippen molar-refractivity contribution in [2.24, 2.45) is 5.73 Å². The molecule has 7 heterocycles. The van der Waals surface area contributed by atoms with Crippen LogP contribution in [-0.4, -0.2) is 59.2 Å². The lowest BCUT2D eigenvalue weighted by Gasteiger charge is -2.37. The first-order chi connectivity index (χ1) is 17.2. The van der Waals surface area contributed by atoms with E-state index in [4.69, 9.17) is 10.7 Å². The van der Waals surface area contributed by atoms with Crippen LogP contribution in [0.2, 0.25) is 0 Å². The first-order valence-electron chi connectivity index (χ1n) is 11.3. The fourth-order valence-electron chi connectivity index (χ4n) is 4.48. The van der Waals surface area contributed by atoms with Crippen LogP contribution in [0.1, 0.15) is 0 Å². The third-order valence-corrected chi connectivity index (χ3v) is 6.28. The minimum absolute atomic E-state index is 0.188. The average Bonchev–Trinajstić information content (AvgIpc) is 3.51. The van der Waals surface area contributed by atoms with E-state index in [0.29, 0.717) is 5.69 Å². The number of aromatic amines is 2. The maximum atomic E-state index is 5.93. The molecule has 0 aliphatic carbocycles. The second-order valence-corrected chi connectivity index (χ2v) is 8.63. The van der Waals surface area contributed by atoms with Crippen molar-refractivity contribution in [3.8, 4) is 34.2 Å². The zero-order chi connectivity index (χ0) is 23.4. The van der Waals surface area contributed by atoms with Gasteiger partial charge in [0.15, 0.2) is 0 Å². The molecule has 6 aromatic rings. The van der Waals surface area contributed by atoms with Crippen molar-refractivity contribution in [2.45, 2.75) is 6.04 Å². The Kier molecular flexibility index (Phi) is 4.33. The number of rotatable bonds is 4. The Morgan fingerprint density at radius 3 is 2.60 bits per heavy atom. The number of hydrogen-bond donors (Lipinski definition) is 3. The number of fused-ring (bicyclic) bond motifs is 2. The van der Waals surface area contributed by atoms with Gasteiger partial charge < -0.3 is 15.6 Å². The molecule has 10 nitrogen and oxygen atoms in total. The fourth-order valence-corrected chi connectivity index (χ4v) is 4.48. The lowest BCUT2D eigenvalue weighted by Crippen LogP contribution is -2.56. The van der Waals surface area contributed by atoms with Gasteiger partial charge in [-0.05, 0) is 30.3 Å². The lowest BCUT2D eigenvalue weighted by molar-refractivity contribution is 0.514. The normalized spacial score (nSPS) is 14.0. The average molecular weight is 461 g/mol. The second-order valence-electron chi connectivity index (χ2n) is 8.63. The smallest absolute Gasteiger partial charge is 0.147 e. The molecule has 6 aromatic heterocycles. The highest BCUT2D eigenvalue weighted by molar-refractivity contribution is 6.00. The van der Waals surface area contributed by atoms with Crippen LogP contribution in [-0.2, 0) is 0 Å². The van der Waals surface area contributed by atoms with Crippen LogP contribution in [0.25, 0.3) is 56.0 Å². The minimum atomic E-state index is 0.188. The van der Waals surface area contributed by atoms with Gasteiger partial charge in [0.1, 0.15) is 17.2 Å². The second kappa shape index (κ2) is 7.67. The van der Waals surface area contributed by atoms with Crippen molar-refractivity contribution >= 4 is 27.6 Å². The molecule has 1 aliphatic rings. The summed E-state index contributed by atoms with van der Waals surface area (Å²) in [4.78, 5) is 28.4. The number of anilines is 1. The minimum Gasteiger partial charge on any atom is -0.353 e. The van der Waals surface area contributed by atoms with Crippen LogP contribution in [0, 0.1) is 0 Å². The standard InChI is InChI=1S/C25H20N10/c26-14-12-35(13-14)23-11-27-9-22(32-23)19-7-16-21(10-30-19)33-34-25(16)20-8-15-17(31-20)4-6-29-24(15)18-3-1-2-5-28-18/h1-11,14,31H,12-13,26H2,(H,33,34). The first-order valence-corrected chi connectivity index (χ1v) is 11.3. The van der Waals surface area contributed by atoms with Gasteiger partial charge in [-0.1, -0.05) is 6.07 Å². The van der Waals surface area contributed by atoms with E-state index in [0.717, 1.165) is 69.2 Å². The van der Waals surface area contributed by atoms with Crippen molar-refractivity contribution in [3.05, 3.63) is 67.4 Å². The highest BCUT2D eigenvalue weighted by Crippen LogP contribution is 2.33. The van der Waals surface area contributed by atoms with Gasteiger partial charge >= 0.3 is 0 Å². The van der Waals surface area contributed by atoms with E-state index in [1.54, 1.807) is 31.0 Å². The van der Waals surface area contributed by atoms with Gasteiger partial charge in [0.2, 0.25) is 0 Å². The lowest BCUT2D eigenvalue weighted by atomic mass is 10.1. The molecule has 0 saturated carbocycles. The summed E-state index contributed by atoms with van der Waals surface area (Å²) in [5.41, 5.74) is 12.5. The molecule has 35 heavy (non-hydrogen) atoms. The zero-order valence-electron chi connectivity index (χ0n) is 18.6. The largest absolute Gasteiger partial charge is 0.353 e. The predicted octanol–water partition coefficient (Wildman–Crippen LogP) is 3.17. The molecule has 7 rings (SSSR count). The summed E-state index contributed by atoms with van der Waals surface area (Å²) in [5, 5.41) is 9.60. The van der Waals surface area contributed by atoms with Gasteiger partial charge in [0.05, 0.1) is 46.9 Å². The van der Waals surface area contributed by atoms with Gasteiger partial charge in [-0.2, -0.15) is 5.10 Å². The molecule has 0 aromatic carbocycles. The topological polar surface area (TPSA) is 138 Å². The Labute approximate surface area is 199 Å². The van der Waals surface area contributed by atoms with E-state index in [-0.39, 0.29) is 6.04 Å². The Morgan fingerprint density at radius 1 is 0.829 bits per heavy atom. The van der Waals surface area contributed by atoms with Crippen molar-refractivity contribution in [2.75, 3.05) is 18.0 Å². The van der Waals surface area contributed by atoms with Crippen molar-refractivity contribution < 1.29 is 0 Å². The van der Waals surface area contributed by atoms with Crippen LogP contribution < -0.4 is 10.6 Å². The molecule has 170 valence electrons. The van der Waals surface area contributed by atoms with Gasteiger partial charge in [0, 0.05) is 47.8 Å². The summed E-state index contributed by atoms with van der Waals surface area (Å²) in [5.74, 6) is 0.809. The molecule has 0 atom stereocenters. The molecule has 0 bridgehead atoms. The van der Waals surface area contributed by atoms with Gasteiger partial charge in [-0.3, -0.25) is 25.0 Å². The predicted molar refractivity (Wildman–Crippen MR) is 133 cm³/mol. The van der Waals surface area contributed by atoms with E-state index in [1.807, 2.05) is 30.3 Å². The molecule has 0 unspecified atom stereocenters. The number of pyridine rings is 3. The maximum absolute atomic E-state index is 5.93. The number of H-pyrrole nitrogens is 2. The van der Waals surface area contributed by atoms with Gasteiger partial charge in [-0.15, -0.1) is 0 Å². The summed E-state index contributed by atoms with van der Waals surface area (Å²) in [7, 11) is 0. The summed E-state index contributed by atoms with van der Waals surface area (Å²) >= 11 is 0. The Bertz CT molecular complexity index is 1680. The maximum Gasteiger partial charge on any atom is 0.147 e. The summed E-state index contributed by atoms with van der Waals surface area (Å²) in [6.07, 6.45) is 8.82. The third-order valence-electron chi connectivity index (χ3n) is 6.28. The monoisotopic (exact) mass is 460 g/mol. The summed E-state index contributed by atoms with van der Waals surface area (Å²) in [6.45, 7) is 1.57. The number of nitrogens with one attached hydrogen (secondary N) is 2. The Balaban J connectivity index is 1.31. The molecule has 0 radical (unpaired) electrons. The number of hydrogen-bond acceptors (Lipinski definition) is 8. The molecule has 1 aliphatic heterocycles. The van der Waals surface area contributed by atoms with Gasteiger partial charge in [-0.25, -0.2) is 4.98 Å². The van der Waals surface area contributed by atoms with Crippen LogP contribution in [0.3, 0.4) is 0 Å². The van der Waals surface area contributed by atoms with Crippen molar-refractivity contribution in [3.63, 3.8) is 0 Å². The van der Waals surface area contributed by atoms with Crippen molar-refractivity contribution in [1.29, 1.82) is 0 Å². The Hall–Kier alpha value is -4.70. The molecule has 0 amide bonds. The molecule has 10 heteroatoms. The van der Waals surface area contributed by atoms with Crippen LogP contribution in [0.5, 0.6) is 0 Å². The molecule has 4 N–H and O–H groups in total. The Morgan fingerprint density at radius 2 is 1.74 bits per heavy atom. The van der Waals surface area contributed by atoms with E-state index in [9.17, 15) is 0 Å². The SMILES string of the molecule is NC1CN(c2cncc(-c3cc4c(-c5cc6c(-c7ccccn7)nccc6[nH]5)n[nH]c4cn3)n2)C1. The summed E-state index contributed by atoms with van der Waals surface area (Å²) < 4.78 is 0. The zero-order valence-corrected chi connectivity index (χ0v) is 18.6.